The molecule has 18 heavy (non-hydrogen) atoms. The number of aromatic nitrogens is 1. The topological polar surface area (TPSA) is 42.0 Å². The molecule has 2 aromatic rings. The van der Waals surface area contributed by atoms with Gasteiger partial charge in [-0.05, 0) is 25.1 Å². The molecule has 3 nitrogen and oxygen atoms in total. The van der Waals surface area contributed by atoms with E-state index in [2.05, 4.69) is 22.9 Å². The number of hydrogen-bond acceptors (Lipinski definition) is 4. The smallest absolute Gasteiger partial charge is 0.254 e. The number of carbonyl (C=O) groups excluding carboxylic acids is 1. The highest BCUT2D eigenvalue weighted by molar-refractivity contribution is 7.80. The number of thiol groups is 1. The SMILES string of the molecule is Cc1cnc(CNC(=O)c2cc(S)ccc2F)s1. The van der Waals surface area contributed by atoms with E-state index in [1.807, 2.05) is 6.92 Å². The van der Waals surface area contributed by atoms with Crippen molar-refractivity contribution in [3.8, 4) is 0 Å². The summed E-state index contributed by atoms with van der Waals surface area (Å²) in [6.45, 7) is 2.24. The molecule has 1 N–H and O–H groups in total. The van der Waals surface area contributed by atoms with E-state index in [9.17, 15) is 9.18 Å². The Morgan fingerprint density at radius 1 is 1.56 bits per heavy atom. The lowest BCUT2D eigenvalue weighted by molar-refractivity contribution is 0.0946. The zero-order valence-electron chi connectivity index (χ0n) is 9.61. The minimum atomic E-state index is -0.555. The van der Waals surface area contributed by atoms with E-state index in [1.54, 1.807) is 6.20 Å². The van der Waals surface area contributed by atoms with Crippen molar-refractivity contribution in [2.24, 2.45) is 0 Å². The molecule has 0 saturated carbocycles. The van der Waals surface area contributed by atoms with Crippen LogP contribution in [0.5, 0.6) is 0 Å². The third-order valence-electron chi connectivity index (χ3n) is 2.26. The van der Waals surface area contributed by atoms with E-state index in [0.717, 1.165) is 9.88 Å². The number of benzene rings is 1. The van der Waals surface area contributed by atoms with Crippen LogP contribution in [0.3, 0.4) is 0 Å². The molecular weight excluding hydrogens is 271 g/mol. The Balaban J connectivity index is 2.05. The molecule has 0 atom stereocenters. The van der Waals surface area contributed by atoms with E-state index < -0.39 is 11.7 Å². The Morgan fingerprint density at radius 2 is 2.33 bits per heavy atom. The Morgan fingerprint density at radius 3 is 3.00 bits per heavy atom. The molecule has 1 heterocycles. The van der Waals surface area contributed by atoms with Gasteiger partial charge in [-0.3, -0.25) is 4.79 Å². The minimum Gasteiger partial charge on any atom is -0.345 e. The van der Waals surface area contributed by atoms with Gasteiger partial charge in [-0.25, -0.2) is 9.37 Å². The van der Waals surface area contributed by atoms with Crippen LogP contribution in [0.2, 0.25) is 0 Å². The maximum atomic E-state index is 13.4. The third-order valence-corrected chi connectivity index (χ3v) is 3.45. The van der Waals surface area contributed by atoms with Crippen LogP contribution in [0, 0.1) is 12.7 Å². The van der Waals surface area contributed by atoms with Gasteiger partial charge in [-0.2, -0.15) is 0 Å². The second kappa shape index (κ2) is 5.49. The van der Waals surface area contributed by atoms with Gasteiger partial charge in [-0.15, -0.1) is 24.0 Å². The van der Waals surface area contributed by atoms with Crippen molar-refractivity contribution in [2.45, 2.75) is 18.4 Å². The fraction of sp³-hybridized carbons (Fsp3) is 0.167. The number of nitrogens with one attached hydrogen (secondary N) is 1. The van der Waals surface area contributed by atoms with E-state index in [1.165, 1.54) is 29.5 Å². The van der Waals surface area contributed by atoms with Crippen LogP contribution in [0.1, 0.15) is 20.2 Å². The molecule has 2 rings (SSSR count). The van der Waals surface area contributed by atoms with Gasteiger partial charge < -0.3 is 5.32 Å². The number of thiazole rings is 1. The van der Waals surface area contributed by atoms with Crippen molar-refractivity contribution in [3.05, 3.63) is 45.7 Å². The number of carbonyl (C=O) groups is 1. The minimum absolute atomic E-state index is 0.00391. The van der Waals surface area contributed by atoms with Crippen LogP contribution in [-0.4, -0.2) is 10.9 Å². The maximum Gasteiger partial charge on any atom is 0.254 e. The van der Waals surface area contributed by atoms with Crippen molar-refractivity contribution in [3.63, 3.8) is 0 Å². The molecule has 0 unspecified atom stereocenters. The number of aryl methyl sites for hydroxylation is 1. The van der Waals surface area contributed by atoms with Crippen LogP contribution < -0.4 is 5.32 Å². The average molecular weight is 282 g/mol. The number of nitrogens with zero attached hydrogens (tertiary/aromatic N) is 1. The first-order valence-corrected chi connectivity index (χ1v) is 6.50. The fourth-order valence-electron chi connectivity index (χ4n) is 1.42. The highest BCUT2D eigenvalue weighted by atomic mass is 32.1. The summed E-state index contributed by atoms with van der Waals surface area (Å²) in [5.74, 6) is -1.02. The molecule has 0 aliphatic carbocycles. The molecule has 94 valence electrons. The maximum absolute atomic E-state index is 13.4. The van der Waals surface area contributed by atoms with Gasteiger partial charge in [0.2, 0.25) is 0 Å². The Labute approximate surface area is 113 Å². The van der Waals surface area contributed by atoms with Crippen molar-refractivity contribution < 1.29 is 9.18 Å². The molecule has 1 aromatic heterocycles. The van der Waals surface area contributed by atoms with Gasteiger partial charge in [-0.1, -0.05) is 0 Å². The lowest BCUT2D eigenvalue weighted by Crippen LogP contribution is -2.23. The van der Waals surface area contributed by atoms with E-state index in [4.69, 9.17) is 0 Å². The zero-order valence-corrected chi connectivity index (χ0v) is 11.3. The van der Waals surface area contributed by atoms with Crippen molar-refractivity contribution >= 4 is 29.9 Å². The zero-order chi connectivity index (χ0) is 13.1. The largest absolute Gasteiger partial charge is 0.345 e. The van der Waals surface area contributed by atoms with Gasteiger partial charge in [0.1, 0.15) is 10.8 Å². The lowest BCUT2D eigenvalue weighted by atomic mass is 10.2. The van der Waals surface area contributed by atoms with Crippen molar-refractivity contribution in [1.82, 2.24) is 10.3 Å². The molecule has 6 heteroatoms. The predicted molar refractivity (Wildman–Crippen MR) is 71.7 cm³/mol. The van der Waals surface area contributed by atoms with Gasteiger partial charge in [0.05, 0.1) is 12.1 Å². The summed E-state index contributed by atoms with van der Waals surface area (Å²) in [5, 5.41) is 3.43. The average Bonchev–Trinajstić information content (AvgIpc) is 2.75. The number of hydrogen-bond donors (Lipinski definition) is 2. The molecule has 0 aliphatic rings. The molecule has 0 aliphatic heterocycles. The normalized spacial score (nSPS) is 10.4. The first-order valence-electron chi connectivity index (χ1n) is 5.24. The molecule has 1 amide bonds. The Kier molecular flexibility index (Phi) is 3.98. The second-order valence-electron chi connectivity index (χ2n) is 3.71. The van der Waals surface area contributed by atoms with Gasteiger partial charge in [0, 0.05) is 16.0 Å². The monoisotopic (exact) mass is 282 g/mol. The summed E-state index contributed by atoms with van der Waals surface area (Å²) >= 11 is 5.58. The van der Waals surface area contributed by atoms with Crippen LogP contribution in [0.4, 0.5) is 4.39 Å². The Bertz CT molecular complexity index is 583. The molecule has 0 radical (unpaired) electrons. The van der Waals surface area contributed by atoms with Crippen LogP contribution >= 0.6 is 24.0 Å². The summed E-state index contributed by atoms with van der Waals surface area (Å²) < 4.78 is 13.4. The standard InChI is InChI=1S/C12H11FN2OS2/c1-7-5-14-11(18-7)6-15-12(16)9-4-8(17)2-3-10(9)13/h2-5,17H,6H2,1H3,(H,15,16). The van der Waals surface area contributed by atoms with E-state index >= 15 is 0 Å². The van der Waals surface area contributed by atoms with Gasteiger partial charge in [0.25, 0.3) is 5.91 Å². The Hall–Kier alpha value is -1.40. The summed E-state index contributed by atoms with van der Waals surface area (Å²) in [6.07, 6.45) is 1.74. The first-order chi connectivity index (χ1) is 8.56. The molecule has 1 aromatic carbocycles. The van der Waals surface area contributed by atoms with Gasteiger partial charge in [0.15, 0.2) is 0 Å². The quantitative estimate of drug-likeness (QED) is 0.850. The number of amides is 1. The summed E-state index contributed by atoms with van der Waals surface area (Å²) in [6, 6.07) is 4.13. The number of halogens is 1. The van der Waals surface area contributed by atoms with Crippen molar-refractivity contribution in [2.75, 3.05) is 0 Å². The highest BCUT2D eigenvalue weighted by Gasteiger charge is 2.12. The summed E-state index contributed by atoms with van der Waals surface area (Å²) in [7, 11) is 0. The summed E-state index contributed by atoms with van der Waals surface area (Å²) in [5.41, 5.74) is -0.00391. The van der Waals surface area contributed by atoms with E-state index in [-0.39, 0.29) is 5.56 Å². The molecule has 0 spiro atoms. The highest BCUT2D eigenvalue weighted by Crippen LogP contribution is 2.14. The van der Waals surface area contributed by atoms with Crippen LogP contribution in [0.15, 0.2) is 29.3 Å². The molecule has 0 saturated heterocycles. The summed E-state index contributed by atoms with van der Waals surface area (Å²) in [4.78, 5) is 17.5. The molecular formula is C12H11FN2OS2. The van der Waals surface area contributed by atoms with Crippen molar-refractivity contribution in [1.29, 1.82) is 0 Å². The van der Waals surface area contributed by atoms with Crippen LogP contribution in [-0.2, 0) is 6.54 Å². The fourth-order valence-corrected chi connectivity index (χ4v) is 2.35. The molecule has 0 bridgehead atoms. The number of rotatable bonds is 3. The molecule has 0 fully saturated rings. The predicted octanol–water partition coefficient (Wildman–Crippen LogP) is 2.81. The van der Waals surface area contributed by atoms with Crippen LogP contribution in [0.25, 0.3) is 0 Å². The second-order valence-corrected chi connectivity index (χ2v) is 5.55. The van der Waals surface area contributed by atoms with Gasteiger partial charge >= 0.3 is 0 Å². The van der Waals surface area contributed by atoms with E-state index in [0.29, 0.717) is 11.4 Å². The third kappa shape index (κ3) is 3.08. The first kappa shape index (κ1) is 13.0. The lowest BCUT2D eigenvalue weighted by Gasteiger charge is -2.05.